The third-order valence-electron chi connectivity index (χ3n) is 7.88. The molecule has 3 aliphatic rings. The average Bonchev–Trinajstić information content (AvgIpc) is 2.64. The topological polar surface area (TPSA) is 40.6 Å². The number of urea groups is 1. The van der Waals surface area contributed by atoms with Gasteiger partial charge in [0.2, 0.25) is 0 Å². The highest BCUT2D eigenvalue weighted by atomic mass is 16.2. The van der Waals surface area contributed by atoms with Crippen molar-refractivity contribution in [3.63, 3.8) is 0 Å². The molecule has 2 bridgehead atoms. The van der Waals surface area contributed by atoms with Gasteiger partial charge in [-0.05, 0) is 61.6 Å². The molecule has 2 saturated heterocycles. The molecule has 4 nitrogen and oxygen atoms in total. The Hall–Kier alpha value is -1.84. The van der Waals surface area contributed by atoms with Crippen molar-refractivity contribution >= 4 is 11.8 Å². The predicted octanol–water partition coefficient (Wildman–Crippen LogP) is 4.41. The molecule has 0 aromatic heterocycles. The van der Waals surface area contributed by atoms with Crippen molar-refractivity contribution < 1.29 is 9.59 Å². The zero-order chi connectivity index (χ0) is 19.4. The lowest BCUT2D eigenvalue weighted by Gasteiger charge is -2.61. The maximum absolute atomic E-state index is 13.3. The Kier molecular flexibility index (Phi) is 4.36. The summed E-state index contributed by atoms with van der Waals surface area (Å²) < 4.78 is 0. The molecule has 0 spiro atoms. The molecular formula is C23H32N2O2. The van der Waals surface area contributed by atoms with Crippen LogP contribution in [0.15, 0.2) is 18.2 Å². The molecule has 146 valence electrons. The summed E-state index contributed by atoms with van der Waals surface area (Å²) in [5.41, 5.74) is 3.44. The van der Waals surface area contributed by atoms with Crippen LogP contribution in [-0.4, -0.2) is 47.3 Å². The Labute approximate surface area is 162 Å². The minimum Gasteiger partial charge on any atom is -0.325 e. The van der Waals surface area contributed by atoms with Crippen molar-refractivity contribution in [3.8, 4) is 0 Å². The van der Waals surface area contributed by atoms with Gasteiger partial charge in [0.25, 0.3) is 0 Å². The fourth-order valence-electron chi connectivity index (χ4n) is 5.65. The Morgan fingerprint density at radius 1 is 1.04 bits per heavy atom. The summed E-state index contributed by atoms with van der Waals surface area (Å²) in [6, 6.07) is 6.63. The summed E-state index contributed by atoms with van der Waals surface area (Å²) in [6.45, 7) is 11.3. The van der Waals surface area contributed by atoms with Gasteiger partial charge < -0.3 is 9.80 Å². The fraction of sp³-hybridized carbons (Fsp3) is 0.652. The van der Waals surface area contributed by atoms with Crippen molar-refractivity contribution in [1.29, 1.82) is 0 Å². The smallest absolute Gasteiger partial charge is 0.320 e. The first kappa shape index (κ1) is 18.5. The van der Waals surface area contributed by atoms with E-state index in [1.165, 1.54) is 17.5 Å². The quantitative estimate of drug-likeness (QED) is 0.689. The number of Topliss-reactive ketones (excluding diaryl/α,β-unsaturated/α-hetero) is 1. The first-order chi connectivity index (χ1) is 12.8. The number of ketones is 1. The van der Waals surface area contributed by atoms with Crippen molar-refractivity contribution in [2.75, 3.05) is 19.6 Å². The van der Waals surface area contributed by atoms with E-state index >= 15 is 0 Å². The van der Waals surface area contributed by atoms with Crippen LogP contribution in [0.2, 0.25) is 0 Å². The van der Waals surface area contributed by atoms with E-state index in [0.29, 0.717) is 0 Å². The van der Waals surface area contributed by atoms with Gasteiger partial charge in [0.1, 0.15) is 0 Å². The second kappa shape index (κ2) is 6.35. The summed E-state index contributed by atoms with van der Waals surface area (Å²) in [5.74, 6) is 0.110. The second-order valence-corrected chi connectivity index (χ2v) is 9.48. The number of nitrogens with zero attached hydrogens (tertiary/aromatic N) is 2. The van der Waals surface area contributed by atoms with E-state index in [-0.39, 0.29) is 28.7 Å². The van der Waals surface area contributed by atoms with Crippen LogP contribution in [-0.2, 0) is 11.8 Å². The van der Waals surface area contributed by atoms with E-state index in [4.69, 9.17) is 0 Å². The van der Waals surface area contributed by atoms with Crippen molar-refractivity contribution in [2.24, 2.45) is 5.41 Å². The fourth-order valence-corrected chi connectivity index (χ4v) is 5.65. The largest absolute Gasteiger partial charge is 0.325 e. The number of carbonyl (C=O) groups excluding carboxylic acids is 2. The van der Waals surface area contributed by atoms with Crippen LogP contribution < -0.4 is 0 Å². The number of piperidine rings is 2. The summed E-state index contributed by atoms with van der Waals surface area (Å²) in [5, 5.41) is 0. The number of hydrogen-bond donors (Lipinski definition) is 0. The highest BCUT2D eigenvalue weighted by Crippen LogP contribution is 2.56. The van der Waals surface area contributed by atoms with E-state index in [1.807, 2.05) is 6.07 Å². The van der Waals surface area contributed by atoms with E-state index in [1.54, 1.807) is 6.92 Å². The third-order valence-corrected chi connectivity index (χ3v) is 7.88. The van der Waals surface area contributed by atoms with Gasteiger partial charge in [0, 0.05) is 36.7 Å². The summed E-state index contributed by atoms with van der Waals surface area (Å²) >= 11 is 0. The minimum atomic E-state index is 0.00143. The van der Waals surface area contributed by atoms with Crippen molar-refractivity contribution in [2.45, 2.75) is 71.3 Å². The molecular weight excluding hydrogens is 336 g/mol. The monoisotopic (exact) mass is 368 g/mol. The number of fused-ring (bicyclic) bond motifs is 4. The lowest BCUT2D eigenvalue weighted by Crippen LogP contribution is -2.66. The number of carbonyl (C=O) groups is 2. The van der Waals surface area contributed by atoms with E-state index in [0.717, 1.165) is 50.9 Å². The molecule has 0 saturated carbocycles. The van der Waals surface area contributed by atoms with Crippen molar-refractivity contribution in [3.05, 3.63) is 34.9 Å². The van der Waals surface area contributed by atoms with Gasteiger partial charge in [0.15, 0.2) is 5.78 Å². The van der Waals surface area contributed by atoms with Gasteiger partial charge >= 0.3 is 6.03 Å². The molecule has 1 aromatic carbocycles. The van der Waals surface area contributed by atoms with Gasteiger partial charge in [-0.15, -0.1) is 0 Å². The highest BCUT2D eigenvalue weighted by molar-refractivity contribution is 5.94. The Balaban J connectivity index is 1.72. The molecule has 4 heteroatoms. The van der Waals surface area contributed by atoms with Gasteiger partial charge in [0.05, 0.1) is 0 Å². The second-order valence-electron chi connectivity index (χ2n) is 9.48. The molecule has 2 atom stereocenters. The van der Waals surface area contributed by atoms with Crippen LogP contribution in [0.3, 0.4) is 0 Å². The lowest BCUT2D eigenvalue weighted by atomic mass is 9.51. The normalized spacial score (nSPS) is 29.3. The van der Waals surface area contributed by atoms with E-state index in [2.05, 4.69) is 42.7 Å². The molecule has 1 aromatic rings. The van der Waals surface area contributed by atoms with Crippen LogP contribution in [0.25, 0.3) is 0 Å². The summed E-state index contributed by atoms with van der Waals surface area (Å²) in [6.07, 6.45) is 5.30. The highest BCUT2D eigenvalue weighted by Gasteiger charge is 2.57. The van der Waals surface area contributed by atoms with Gasteiger partial charge in [-0.25, -0.2) is 4.79 Å². The standard InChI is InChI=1S/C23H32N2O2/c1-16(26)17-8-9-19-18(14-17)15-20-22(2,3)23(19,4)10-13-25(20)21(27)24-11-6-5-7-12-24/h8-9,14,20H,5-7,10-13,15H2,1-4H3/t20-,23-/m0/s1. The van der Waals surface area contributed by atoms with Crippen LogP contribution in [0.5, 0.6) is 0 Å². The lowest BCUT2D eigenvalue weighted by molar-refractivity contribution is -0.0242. The number of likely N-dealkylation sites (tertiary alicyclic amines) is 2. The Morgan fingerprint density at radius 2 is 1.74 bits per heavy atom. The molecule has 0 radical (unpaired) electrons. The first-order valence-electron chi connectivity index (χ1n) is 10.5. The minimum absolute atomic E-state index is 0.00143. The average molecular weight is 369 g/mol. The van der Waals surface area contributed by atoms with E-state index in [9.17, 15) is 9.59 Å². The molecule has 27 heavy (non-hydrogen) atoms. The number of rotatable bonds is 1. The summed E-state index contributed by atoms with van der Waals surface area (Å²) in [7, 11) is 0. The molecule has 0 unspecified atom stereocenters. The van der Waals surface area contributed by atoms with Crippen LogP contribution in [0.4, 0.5) is 4.79 Å². The number of benzene rings is 1. The molecule has 4 rings (SSSR count). The number of hydrogen-bond acceptors (Lipinski definition) is 2. The van der Waals surface area contributed by atoms with E-state index < -0.39 is 0 Å². The molecule has 2 aliphatic heterocycles. The molecule has 1 aliphatic carbocycles. The molecule has 2 heterocycles. The zero-order valence-electron chi connectivity index (χ0n) is 17.2. The predicted molar refractivity (Wildman–Crippen MR) is 107 cm³/mol. The first-order valence-corrected chi connectivity index (χ1v) is 10.5. The molecule has 2 fully saturated rings. The van der Waals surface area contributed by atoms with Crippen LogP contribution in [0, 0.1) is 5.41 Å². The SMILES string of the molecule is CC(=O)c1ccc2c(c1)C[C@@H]1N(C(=O)N3CCCCC3)CC[C@]2(C)C1(C)C. The molecule has 2 amide bonds. The molecule has 0 N–H and O–H groups in total. The Morgan fingerprint density at radius 3 is 2.41 bits per heavy atom. The van der Waals surface area contributed by atoms with Gasteiger partial charge in [-0.3, -0.25) is 4.79 Å². The maximum Gasteiger partial charge on any atom is 0.320 e. The van der Waals surface area contributed by atoms with Crippen LogP contribution >= 0.6 is 0 Å². The zero-order valence-corrected chi connectivity index (χ0v) is 17.2. The summed E-state index contributed by atoms with van der Waals surface area (Å²) in [4.78, 5) is 29.4. The van der Waals surface area contributed by atoms with Gasteiger partial charge in [-0.2, -0.15) is 0 Å². The van der Waals surface area contributed by atoms with Crippen LogP contribution in [0.1, 0.15) is 74.9 Å². The van der Waals surface area contributed by atoms with Crippen molar-refractivity contribution in [1.82, 2.24) is 9.80 Å². The third kappa shape index (κ3) is 2.71. The Bertz CT molecular complexity index is 779. The number of amides is 2. The maximum atomic E-state index is 13.3. The van der Waals surface area contributed by atoms with Gasteiger partial charge in [-0.1, -0.05) is 32.9 Å².